The fourth-order valence-electron chi connectivity index (χ4n) is 4.46. The molecule has 1 atom stereocenters. The molecule has 0 aliphatic rings. The first-order valence-electron chi connectivity index (χ1n) is 13.7. The lowest BCUT2D eigenvalue weighted by molar-refractivity contribution is 0.0827. The smallest absolute Gasteiger partial charge is 0.253 e. The van der Waals surface area contributed by atoms with E-state index in [1.165, 1.54) is 4.90 Å². The Bertz CT molecular complexity index is 1590. The third-order valence-corrected chi connectivity index (χ3v) is 7.82. The number of aryl methyl sites for hydroxylation is 1. The Hall–Kier alpha value is -4.67. The van der Waals surface area contributed by atoms with E-state index in [0.29, 0.717) is 46.3 Å². The van der Waals surface area contributed by atoms with E-state index in [4.69, 9.17) is 9.47 Å². The summed E-state index contributed by atoms with van der Waals surface area (Å²) in [4.78, 5) is 27.0. The van der Waals surface area contributed by atoms with Gasteiger partial charge in [0.1, 0.15) is 17.1 Å². The molecule has 43 heavy (non-hydrogen) atoms. The normalized spacial score (nSPS) is 11.3. The van der Waals surface area contributed by atoms with Crippen LogP contribution in [0, 0.1) is 6.92 Å². The van der Waals surface area contributed by atoms with Crippen molar-refractivity contribution in [2.75, 3.05) is 51.4 Å². The quantitative estimate of drug-likeness (QED) is 0.148. The fraction of sp³-hybridized carbons (Fsp3) is 0.212. The largest absolute Gasteiger partial charge is 0.588 e. The van der Waals surface area contributed by atoms with E-state index in [1.807, 2.05) is 61.5 Å². The molecule has 2 amide bonds. The van der Waals surface area contributed by atoms with E-state index in [1.54, 1.807) is 58.6 Å². The number of benzene rings is 4. The number of ether oxygens (including phenoxy) is 2. The highest BCUT2D eigenvalue weighted by molar-refractivity contribution is 7.92. The molecule has 9 nitrogen and oxygen atoms in total. The molecule has 0 saturated heterocycles. The summed E-state index contributed by atoms with van der Waals surface area (Å²) in [5.41, 5.74) is 5.17. The maximum atomic E-state index is 13.6. The highest BCUT2D eigenvalue weighted by atomic mass is 32.2. The summed E-state index contributed by atoms with van der Waals surface area (Å²) in [6.07, 6.45) is 0. The zero-order valence-electron chi connectivity index (χ0n) is 24.9. The minimum absolute atomic E-state index is 0.0915. The van der Waals surface area contributed by atoms with E-state index < -0.39 is 11.4 Å². The van der Waals surface area contributed by atoms with Gasteiger partial charge in [0.05, 0.1) is 19.9 Å². The molecule has 0 saturated carbocycles. The molecule has 0 radical (unpaired) electrons. The van der Waals surface area contributed by atoms with Gasteiger partial charge >= 0.3 is 0 Å². The maximum Gasteiger partial charge on any atom is 0.253 e. The average Bonchev–Trinajstić information content (AvgIpc) is 3.02. The molecule has 10 heteroatoms. The number of anilines is 2. The number of nitrogens with one attached hydrogen (secondary N) is 3. The Kier molecular flexibility index (Phi) is 10.5. The summed E-state index contributed by atoms with van der Waals surface area (Å²) in [6.45, 7) is 2.85. The van der Waals surface area contributed by atoms with Crippen LogP contribution in [0.4, 0.5) is 11.4 Å². The van der Waals surface area contributed by atoms with Gasteiger partial charge in [-0.25, -0.2) is 4.72 Å². The predicted molar refractivity (Wildman–Crippen MR) is 171 cm³/mol. The van der Waals surface area contributed by atoms with E-state index >= 15 is 0 Å². The van der Waals surface area contributed by atoms with Crippen molar-refractivity contribution in [3.63, 3.8) is 0 Å². The van der Waals surface area contributed by atoms with Gasteiger partial charge in [-0.05, 0) is 78.2 Å². The Morgan fingerprint density at radius 1 is 0.837 bits per heavy atom. The summed E-state index contributed by atoms with van der Waals surface area (Å²) < 4.78 is 27.4. The maximum absolute atomic E-state index is 13.6. The van der Waals surface area contributed by atoms with Gasteiger partial charge in [0, 0.05) is 50.1 Å². The number of hydrogen-bond donors (Lipinski definition) is 3. The molecule has 4 aromatic rings. The van der Waals surface area contributed by atoms with Crippen LogP contribution in [0.15, 0.2) is 89.8 Å². The number of nitrogens with zero attached hydrogens (tertiary/aromatic N) is 1. The number of rotatable bonds is 12. The molecule has 224 valence electrons. The van der Waals surface area contributed by atoms with E-state index in [9.17, 15) is 14.1 Å². The second kappa shape index (κ2) is 14.5. The first kappa shape index (κ1) is 31.3. The topological polar surface area (TPSA) is 115 Å². The molecular formula is C33H36N4O5S. The molecule has 0 aliphatic heterocycles. The Balaban J connectivity index is 1.43. The zero-order valence-corrected chi connectivity index (χ0v) is 25.7. The van der Waals surface area contributed by atoms with E-state index in [0.717, 1.165) is 22.4 Å². The van der Waals surface area contributed by atoms with Crippen LogP contribution in [-0.2, 0) is 11.4 Å². The average molecular weight is 601 g/mol. The lowest BCUT2D eigenvalue weighted by atomic mass is 9.98. The van der Waals surface area contributed by atoms with Crippen molar-refractivity contribution in [3.8, 4) is 22.6 Å². The minimum atomic E-state index is -1.65. The lowest BCUT2D eigenvalue weighted by Crippen LogP contribution is -2.28. The molecule has 0 aliphatic carbocycles. The van der Waals surface area contributed by atoms with Gasteiger partial charge in [-0.2, -0.15) is 0 Å². The molecule has 0 spiro atoms. The number of methoxy groups -OCH3 is 2. The van der Waals surface area contributed by atoms with Crippen LogP contribution in [0.3, 0.4) is 0 Å². The minimum Gasteiger partial charge on any atom is -0.588 e. The van der Waals surface area contributed by atoms with E-state index in [2.05, 4.69) is 15.4 Å². The second-order valence-corrected chi connectivity index (χ2v) is 11.1. The molecule has 0 fully saturated rings. The van der Waals surface area contributed by atoms with Crippen LogP contribution < -0.4 is 24.8 Å². The zero-order chi connectivity index (χ0) is 30.9. The van der Waals surface area contributed by atoms with Crippen molar-refractivity contribution in [2.24, 2.45) is 0 Å². The Labute approximate surface area is 255 Å². The number of hydrogen-bond acceptors (Lipinski definition) is 7. The van der Waals surface area contributed by atoms with Gasteiger partial charge in [-0.3, -0.25) is 9.59 Å². The molecule has 0 bridgehead atoms. The van der Waals surface area contributed by atoms with Crippen LogP contribution in [0.5, 0.6) is 11.5 Å². The summed E-state index contributed by atoms with van der Waals surface area (Å²) in [5.74, 6) is 0.839. The summed E-state index contributed by atoms with van der Waals surface area (Å²) in [6, 6.07) is 25.5. The Morgan fingerprint density at radius 3 is 2.30 bits per heavy atom. The summed E-state index contributed by atoms with van der Waals surface area (Å²) in [5, 5.41) is 6.16. The molecule has 0 heterocycles. The number of carbonyl (C=O) groups is 2. The van der Waals surface area contributed by atoms with E-state index in [-0.39, 0.29) is 11.8 Å². The first-order valence-corrected chi connectivity index (χ1v) is 14.8. The van der Waals surface area contributed by atoms with Gasteiger partial charge in [0.2, 0.25) is 4.90 Å². The van der Waals surface area contributed by atoms with Crippen molar-refractivity contribution in [1.29, 1.82) is 0 Å². The highest BCUT2D eigenvalue weighted by Crippen LogP contribution is 2.34. The third-order valence-electron chi connectivity index (χ3n) is 6.68. The van der Waals surface area contributed by atoms with Gasteiger partial charge in [0.15, 0.2) is 5.75 Å². The second-order valence-electron chi connectivity index (χ2n) is 9.96. The monoisotopic (exact) mass is 600 g/mol. The first-order chi connectivity index (χ1) is 20.7. The molecule has 4 aromatic carbocycles. The van der Waals surface area contributed by atoms with Crippen LogP contribution in [0.1, 0.15) is 26.3 Å². The Morgan fingerprint density at radius 2 is 1.56 bits per heavy atom. The number of carbonyl (C=O) groups excluding carboxylic acids is 2. The predicted octanol–water partition coefficient (Wildman–Crippen LogP) is 5.36. The van der Waals surface area contributed by atoms with Crippen LogP contribution in [-0.4, -0.2) is 62.7 Å². The molecule has 3 N–H and O–H groups in total. The lowest BCUT2D eigenvalue weighted by Gasteiger charge is -2.18. The standard InChI is InChI=1S/C33H36N4O5S/c1-22-17-30(42-5)31(21-29(22)23-9-6-11-25(18-23)33(39)37(2)3)43(40)36-27-13-8-12-26(20-27)34-15-16-35-32(38)24-10-7-14-28(19-24)41-4/h6-14,17-21,34,36H,15-16H2,1-5H3,(H,35,38). The van der Waals surface area contributed by atoms with Crippen molar-refractivity contribution >= 4 is 34.6 Å². The number of amides is 2. The van der Waals surface area contributed by atoms with Crippen molar-refractivity contribution in [3.05, 3.63) is 102 Å². The SMILES string of the molecule is COc1cccc(C(=O)NCCNc2cccc(N[S+]([O-])c3cc(-c4cccc(C(=O)N(C)C)c4)c(C)cc3OC)c2)c1. The van der Waals surface area contributed by atoms with Crippen LogP contribution in [0.25, 0.3) is 11.1 Å². The van der Waals surface area contributed by atoms with Crippen LogP contribution in [0.2, 0.25) is 0 Å². The van der Waals surface area contributed by atoms with Gasteiger partial charge in [-0.1, -0.05) is 24.3 Å². The molecule has 0 aromatic heterocycles. The summed E-state index contributed by atoms with van der Waals surface area (Å²) >= 11 is -1.65. The van der Waals surface area contributed by atoms with Crippen molar-refractivity contribution in [1.82, 2.24) is 10.2 Å². The van der Waals surface area contributed by atoms with Crippen LogP contribution >= 0.6 is 0 Å². The third kappa shape index (κ3) is 8.00. The van der Waals surface area contributed by atoms with Gasteiger partial charge < -0.3 is 29.6 Å². The fourth-order valence-corrected chi connectivity index (χ4v) is 5.46. The summed E-state index contributed by atoms with van der Waals surface area (Å²) in [7, 11) is 6.54. The van der Waals surface area contributed by atoms with Crippen molar-refractivity contribution < 1.29 is 23.6 Å². The van der Waals surface area contributed by atoms with Gasteiger partial charge in [-0.15, -0.1) is 0 Å². The molecule has 4 rings (SSSR count). The van der Waals surface area contributed by atoms with Gasteiger partial charge in [0.25, 0.3) is 11.8 Å². The highest BCUT2D eigenvalue weighted by Gasteiger charge is 2.22. The molecular weight excluding hydrogens is 564 g/mol. The van der Waals surface area contributed by atoms with Crippen molar-refractivity contribution in [2.45, 2.75) is 11.8 Å². The molecule has 1 unspecified atom stereocenters.